The van der Waals surface area contributed by atoms with Crippen LogP contribution in [0.5, 0.6) is 11.5 Å². The van der Waals surface area contributed by atoms with Gasteiger partial charge in [-0.05, 0) is 84.6 Å². The smallest absolute Gasteiger partial charge is 0.487 e. The number of allylic oxidation sites excluding steroid dienone is 1. The summed E-state index contributed by atoms with van der Waals surface area (Å²) in [6.45, 7) is 3.65. The van der Waals surface area contributed by atoms with Crippen molar-refractivity contribution in [3.05, 3.63) is 70.2 Å². The Morgan fingerprint density at radius 3 is 2.43 bits per heavy atom. The van der Waals surface area contributed by atoms with Gasteiger partial charge in [0.1, 0.15) is 18.1 Å². The molecule has 3 aliphatic rings. The van der Waals surface area contributed by atoms with Crippen LogP contribution in [0.15, 0.2) is 53.5 Å². The van der Waals surface area contributed by atoms with E-state index in [-0.39, 0.29) is 18.8 Å². The molecule has 2 fully saturated rings. The molecule has 0 aromatic heterocycles. The maximum absolute atomic E-state index is 13.4. The molecule has 2 aromatic carbocycles. The van der Waals surface area contributed by atoms with E-state index >= 15 is 0 Å². The number of amides is 3. The molecule has 5 rings (SSSR count). The summed E-state index contributed by atoms with van der Waals surface area (Å²) < 4.78 is 16.7. The Hall–Kier alpha value is -3.63. The van der Waals surface area contributed by atoms with Gasteiger partial charge in [0.25, 0.3) is 0 Å². The summed E-state index contributed by atoms with van der Waals surface area (Å²) in [7, 11) is -0.208. The molecule has 2 heterocycles. The molecule has 37 heavy (non-hydrogen) atoms. The largest absolute Gasteiger partial charge is 0.507 e. The minimum atomic E-state index is -1.33. The van der Waals surface area contributed by atoms with E-state index in [0.29, 0.717) is 39.2 Å². The average molecular weight is 505 g/mol. The highest BCUT2D eigenvalue weighted by Crippen LogP contribution is 2.51. The molecular weight excluding hydrogens is 477 g/mol. The minimum absolute atomic E-state index is 0.0985. The Bertz CT molecular complexity index is 1270. The van der Waals surface area contributed by atoms with Crippen molar-refractivity contribution in [2.45, 2.75) is 32.8 Å². The van der Waals surface area contributed by atoms with Gasteiger partial charge in [-0.15, -0.1) is 0 Å². The highest BCUT2D eigenvalue weighted by atomic mass is 16.5. The maximum Gasteiger partial charge on any atom is 0.487 e. The SMILES string of the molecule is COC(=O)N1C(=O)[C@H]2[C@H](CC(COc3ccccc3)=C3B(O)O[C@H](c4cc(C)c(O)c(C)c4)C[C@H]32)C1=O. The first-order valence-corrected chi connectivity index (χ1v) is 12.2. The second-order valence-corrected chi connectivity index (χ2v) is 9.80. The fourth-order valence-corrected chi connectivity index (χ4v) is 5.89. The molecule has 9 nitrogen and oxygen atoms in total. The maximum atomic E-state index is 13.4. The number of phenolic OH excluding ortho intramolecular Hbond substituents is 1. The molecule has 2 N–H and O–H groups in total. The van der Waals surface area contributed by atoms with Crippen molar-refractivity contribution in [1.82, 2.24) is 4.90 Å². The van der Waals surface area contributed by atoms with Gasteiger partial charge in [-0.1, -0.05) is 18.2 Å². The van der Waals surface area contributed by atoms with Crippen molar-refractivity contribution in [1.29, 1.82) is 0 Å². The van der Waals surface area contributed by atoms with Gasteiger partial charge < -0.3 is 24.3 Å². The van der Waals surface area contributed by atoms with E-state index in [2.05, 4.69) is 0 Å². The first-order valence-electron chi connectivity index (χ1n) is 12.2. The number of likely N-dealkylation sites (tertiary alicyclic amines) is 1. The molecule has 0 spiro atoms. The third kappa shape index (κ3) is 4.30. The lowest BCUT2D eigenvalue weighted by Gasteiger charge is -2.42. The number of imide groups is 3. The molecule has 10 heteroatoms. The molecule has 0 radical (unpaired) electrons. The van der Waals surface area contributed by atoms with Crippen LogP contribution < -0.4 is 4.74 Å². The van der Waals surface area contributed by atoms with Gasteiger partial charge in [-0.2, -0.15) is 4.90 Å². The van der Waals surface area contributed by atoms with Crippen LogP contribution in [0, 0.1) is 31.6 Å². The topological polar surface area (TPSA) is 123 Å². The quantitative estimate of drug-likeness (QED) is 0.480. The summed E-state index contributed by atoms with van der Waals surface area (Å²) in [5.41, 5.74) is 3.27. The molecule has 4 atom stereocenters. The zero-order chi connectivity index (χ0) is 26.4. The summed E-state index contributed by atoms with van der Waals surface area (Å²) in [6, 6.07) is 12.7. The number of hydrogen-bond donors (Lipinski definition) is 2. The van der Waals surface area contributed by atoms with E-state index in [9.17, 15) is 24.5 Å². The Morgan fingerprint density at radius 2 is 1.78 bits per heavy atom. The van der Waals surface area contributed by atoms with Crippen LogP contribution in [0.4, 0.5) is 4.79 Å². The van der Waals surface area contributed by atoms with E-state index in [1.807, 2.05) is 18.2 Å². The first-order chi connectivity index (χ1) is 17.7. The number of rotatable bonds is 4. The van der Waals surface area contributed by atoms with Crippen molar-refractivity contribution >= 4 is 25.0 Å². The predicted molar refractivity (Wildman–Crippen MR) is 132 cm³/mol. The number of para-hydroxylation sites is 1. The van der Waals surface area contributed by atoms with Crippen LogP contribution >= 0.6 is 0 Å². The highest BCUT2D eigenvalue weighted by molar-refractivity contribution is 6.53. The molecule has 192 valence electrons. The van der Waals surface area contributed by atoms with E-state index in [4.69, 9.17) is 14.1 Å². The van der Waals surface area contributed by atoms with Crippen molar-refractivity contribution in [2.75, 3.05) is 13.7 Å². The number of ether oxygens (including phenoxy) is 2. The van der Waals surface area contributed by atoms with Crippen molar-refractivity contribution < 1.29 is 38.6 Å². The van der Waals surface area contributed by atoms with Gasteiger partial charge in [0.15, 0.2) is 0 Å². The molecule has 2 saturated heterocycles. The summed E-state index contributed by atoms with van der Waals surface area (Å²) in [5.74, 6) is -2.58. The van der Waals surface area contributed by atoms with E-state index in [0.717, 1.165) is 12.7 Å². The number of fused-ring (bicyclic) bond motifs is 3. The third-order valence-corrected chi connectivity index (χ3v) is 7.61. The lowest BCUT2D eigenvalue weighted by atomic mass is 9.55. The number of carbonyl (C=O) groups is 3. The number of aromatic hydroxyl groups is 1. The van der Waals surface area contributed by atoms with Crippen molar-refractivity contribution in [3.63, 3.8) is 0 Å². The minimum Gasteiger partial charge on any atom is -0.507 e. The number of methoxy groups -OCH3 is 1. The number of carbonyl (C=O) groups excluding carboxylic acids is 3. The Kier molecular flexibility index (Phi) is 6.55. The Balaban J connectivity index is 1.53. The fourth-order valence-electron chi connectivity index (χ4n) is 5.89. The number of phenols is 1. The zero-order valence-corrected chi connectivity index (χ0v) is 20.8. The van der Waals surface area contributed by atoms with E-state index < -0.39 is 48.9 Å². The van der Waals surface area contributed by atoms with Crippen LogP contribution in [-0.2, 0) is 19.0 Å². The Morgan fingerprint density at radius 1 is 1.11 bits per heavy atom. The van der Waals surface area contributed by atoms with Crippen molar-refractivity contribution in [2.24, 2.45) is 17.8 Å². The lowest BCUT2D eigenvalue weighted by molar-refractivity contribution is -0.137. The van der Waals surface area contributed by atoms with Crippen LogP contribution in [0.1, 0.15) is 35.6 Å². The van der Waals surface area contributed by atoms with Gasteiger partial charge in [-0.25, -0.2) is 4.79 Å². The van der Waals surface area contributed by atoms with E-state index in [1.54, 1.807) is 38.1 Å². The second kappa shape index (κ2) is 9.68. The third-order valence-electron chi connectivity index (χ3n) is 7.61. The van der Waals surface area contributed by atoms with E-state index in [1.165, 1.54) is 0 Å². The van der Waals surface area contributed by atoms with Crippen LogP contribution in [-0.4, -0.2) is 53.8 Å². The highest BCUT2D eigenvalue weighted by Gasteiger charge is 2.59. The summed E-state index contributed by atoms with van der Waals surface area (Å²) in [4.78, 5) is 39.5. The normalized spacial score (nSPS) is 25.2. The molecule has 2 aliphatic heterocycles. The number of hydrogen-bond acceptors (Lipinski definition) is 8. The molecule has 0 bridgehead atoms. The fraction of sp³-hybridized carbons (Fsp3) is 0.370. The summed E-state index contributed by atoms with van der Waals surface area (Å²) in [5, 5.41) is 21.4. The van der Waals surface area contributed by atoms with Gasteiger partial charge >= 0.3 is 13.2 Å². The van der Waals surface area contributed by atoms with Gasteiger partial charge in [0.05, 0.1) is 25.0 Å². The first kappa shape index (κ1) is 25.0. The standard InChI is InChI=1S/C27H28BNO8/c1-14-9-16(10-15(2)24(14)30)21-12-19-22-20(25(31)29(26(22)32)27(33)35-3)11-17(23(19)28(34)37-21)13-36-18-7-5-4-6-8-18/h4-10,19-22,30,34H,11-13H2,1-3H3/t19-,20-,21-,22+/m0/s1. The van der Waals surface area contributed by atoms with Crippen LogP contribution in [0.2, 0.25) is 0 Å². The van der Waals surface area contributed by atoms with Crippen LogP contribution in [0.3, 0.4) is 0 Å². The number of aryl methyl sites for hydroxylation is 2. The molecule has 0 unspecified atom stereocenters. The van der Waals surface area contributed by atoms with Gasteiger partial charge in [0.2, 0.25) is 11.8 Å². The van der Waals surface area contributed by atoms with Gasteiger partial charge in [-0.3, -0.25) is 9.59 Å². The van der Waals surface area contributed by atoms with Crippen LogP contribution in [0.25, 0.3) is 0 Å². The number of benzene rings is 2. The van der Waals surface area contributed by atoms with Gasteiger partial charge in [0, 0.05) is 0 Å². The Labute approximate surface area is 214 Å². The molecule has 0 saturated carbocycles. The van der Waals surface area contributed by atoms with Crippen molar-refractivity contribution in [3.8, 4) is 11.5 Å². The second-order valence-electron chi connectivity index (χ2n) is 9.80. The number of nitrogens with zero attached hydrogens (tertiary/aromatic N) is 1. The zero-order valence-electron chi connectivity index (χ0n) is 20.8. The molecule has 3 amide bonds. The average Bonchev–Trinajstić information content (AvgIpc) is 3.14. The predicted octanol–water partition coefficient (Wildman–Crippen LogP) is 3.25. The summed E-state index contributed by atoms with van der Waals surface area (Å²) in [6.07, 6.45) is -1.14. The monoisotopic (exact) mass is 505 g/mol. The summed E-state index contributed by atoms with van der Waals surface area (Å²) >= 11 is 0. The molecule has 2 aromatic rings. The lowest BCUT2D eigenvalue weighted by Crippen LogP contribution is -2.45. The molecular formula is C27H28BNO8. The molecule has 1 aliphatic carbocycles.